The second kappa shape index (κ2) is 9.13. The number of anilines is 1. The summed E-state index contributed by atoms with van der Waals surface area (Å²) >= 11 is 0. The van der Waals surface area contributed by atoms with Gasteiger partial charge in [0, 0.05) is 23.4 Å². The van der Waals surface area contributed by atoms with Gasteiger partial charge in [-0.15, -0.1) is 0 Å². The van der Waals surface area contributed by atoms with Crippen LogP contribution in [0.5, 0.6) is 0 Å². The van der Waals surface area contributed by atoms with E-state index < -0.39 is 43.9 Å². The first-order valence-corrected chi connectivity index (χ1v) is 11.0. The lowest BCUT2D eigenvalue weighted by Crippen LogP contribution is -2.28. The van der Waals surface area contributed by atoms with Crippen molar-refractivity contribution < 1.29 is 30.8 Å². The molecule has 1 aliphatic rings. The number of carbonyl (C=O) groups excluding carboxylic acids is 1. The highest BCUT2D eigenvalue weighted by Gasteiger charge is 2.24. The zero-order valence-corrected chi connectivity index (χ0v) is 16.7. The van der Waals surface area contributed by atoms with Crippen LogP contribution in [0.2, 0.25) is 0 Å². The van der Waals surface area contributed by atoms with Crippen LogP contribution in [0.1, 0.15) is 29.6 Å². The van der Waals surface area contributed by atoms with E-state index in [4.69, 9.17) is 0 Å². The molecule has 0 saturated carbocycles. The van der Waals surface area contributed by atoms with Crippen molar-refractivity contribution in [2.75, 3.05) is 24.2 Å². The summed E-state index contributed by atoms with van der Waals surface area (Å²) in [5.41, 5.74) is -0.585. The molecule has 0 bridgehead atoms. The Bertz CT molecular complexity index is 1030. The van der Waals surface area contributed by atoms with E-state index in [1.165, 1.54) is 0 Å². The number of nitrogens with one attached hydrogen (secondary N) is 2. The lowest BCUT2D eigenvalue weighted by Gasteiger charge is -2.22. The first kappa shape index (κ1) is 22.2. The highest BCUT2D eigenvalue weighted by atomic mass is 32.2. The number of hydrogen-bond donors (Lipinski definition) is 2. The molecule has 1 heterocycles. The average molecular weight is 444 g/mol. The van der Waals surface area contributed by atoms with Crippen LogP contribution in [-0.2, 0) is 9.84 Å². The van der Waals surface area contributed by atoms with Crippen LogP contribution in [-0.4, -0.2) is 33.2 Å². The van der Waals surface area contributed by atoms with Gasteiger partial charge in [-0.25, -0.2) is 26.0 Å². The van der Waals surface area contributed by atoms with Crippen molar-refractivity contribution in [2.24, 2.45) is 5.92 Å². The number of benzene rings is 2. The SMILES string of the molecule is O=C(Nc1cc(F)c(F)c(F)c1)c1ccc(F)c(S(=O)(=O)CCC2CCNCC2)c1. The molecule has 1 aliphatic heterocycles. The van der Waals surface area contributed by atoms with E-state index in [9.17, 15) is 30.8 Å². The summed E-state index contributed by atoms with van der Waals surface area (Å²) in [5.74, 6) is -6.62. The molecule has 1 amide bonds. The molecule has 0 atom stereocenters. The fraction of sp³-hybridized carbons (Fsp3) is 0.350. The first-order chi connectivity index (χ1) is 14.2. The van der Waals surface area contributed by atoms with Crippen molar-refractivity contribution in [3.63, 3.8) is 0 Å². The molecule has 5 nitrogen and oxygen atoms in total. The maximum absolute atomic E-state index is 14.2. The minimum atomic E-state index is -3.98. The predicted octanol–water partition coefficient (Wildman–Crippen LogP) is 3.66. The molecule has 162 valence electrons. The van der Waals surface area contributed by atoms with E-state index in [0.29, 0.717) is 18.6 Å². The molecule has 0 unspecified atom stereocenters. The predicted molar refractivity (Wildman–Crippen MR) is 103 cm³/mol. The van der Waals surface area contributed by atoms with E-state index in [-0.39, 0.29) is 22.9 Å². The van der Waals surface area contributed by atoms with Gasteiger partial charge in [0.05, 0.1) is 5.75 Å². The Morgan fingerprint density at radius 2 is 1.63 bits per heavy atom. The number of amides is 1. The maximum Gasteiger partial charge on any atom is 0.255 e. The van der Waals surface area contributed by atoms with Gasteiger partial charge in [-0.2, -0.15) is 0 Å². The molecular weight excluding hydrogens is 424 g/mol. The van der Waals surface area contributed by atoms with Gasteiger partial charge in [0.1, 0.15) is 10.7 Å². The minimum absolute atomic E-state index is 0.220. The van der Waals surface area contributed by atoms with Crippen molar-refractivity contribution in [2.45, 2.75) is 24.2 Å². The van der Waals surface area contributed by atoms with Crippen LogP contribution >= 0.6 is 0 Å². The Hall–Kier alpha value is -2.46. The zero-order valence-electron chi connectivity index (χ0n) is 15.9. The molecule has 1 fully saturated rings. The molecule has 2 aromatic rings. The standard InChI is InChI=1S/C20H20F4N2O3S/c21-15-2-1-13(20(27)26-14-10-16(22)19(24)17(23)11-14)9-18(15)30(28,29)8-5-12-3-6-25-7-4-12/h1-2,9-12,25H,3-8H2,(H,26,27). The smallest absolute Gasteiger partial charge is 0.255 e. The second-order valence-electron chi connectivity index (χ2n) is 7.15. The van der Waals surface area contributed by atoms with Gasteiger partial charge in [0.2, 0.25) is 0 Å². The summed E-state index contributed by atoms with van der Waals surface area (Å²) in [4.78, 5) is 11.7. The van der Waals surface area contributed by atoms with Crippen molar-refractivity contribution in [3.05, 3.63) is 59.2 Å². The molecule has 0 radical (unpaired) electrons. The van der Waals surface area contributed by atoms with E-state index >= 15 is 0 Å². The van der Waals surface area contributed by atoms with Gasteiger partial charge in [0.15, 0.2) is 27.3 Å². The summed E-state index contributed by atoms with van der Waals surface area (Å²) in [5, 5.41) is 5.32. The van der Waals surface area contributed by atoms with Crippen molar-refractivity contribution >= 4 is 21.4 Å². The summed E-state index contributed by atoms with van der Waals surface area (Å²) in [6, 6.07) is 3.94. The Labute approximate surface area is 171 Å². The highest BCUT2D eigenvalue weighted by molar-refractivity contribution is 7.91. The van der Waals surface area contributed by atoms with Gasteiger partial charge in [-0.1, -0.05) is 0 Å². The molecule has 1 saturated heterocycles. The van der Waals surface area contributed by atoms with Crippen LogP contribution in [0.4, 0.5) is 23.2 Å². The summed E-state index contributed by atoms with van der Waals surface area (Å²) in [6.07, 6.45) is 2.06. The lowest BCUT2D eigenvalue weighted by atomic mass is 9.96. The molecule has 2 N–H and O–H groups in total. The normalized spacial score (nSPS) is 15.2. The Kier molecular flexibility index (Phi) is 6.77. The van der Waals surface area contributed by atoms with E-state index in [1.54, 1.807) is 0 Å². The number of rotatable bonds is 6. The third kappa shape index (κ3) is 5.17. The van der Waals surface area contributed by atoms with Crippen molar-refractivity contribution in [1.82, 2.24) is 5.32 Å². The zero-order chi connectivity index (χ0) is 21.9. The van der Waals surface area contributed by atoms with Gasteiger partial charge >= 0.3 is 0 Å². The Morgan fingerprint density at radius 1 is 1.00 bits per heavy atom. The quantitative estimate of drug-likeness (QED) is 0.527. The highest BCUT2D eigenvalue weighted by Crippen LogP contribution is 2.24. The van der Waals surface area contributed by atoms with Crippen molar-refractivity contribution in [1.29, 1.82) is 0 Å². The Morgan fingerprint density at radius 3 is 2.27 bits per heavy atom. The number of halogens is 4. The Balaban J connectivity index is 1.77. The van der Waals surface area contributed by atoms with E-state index in [2.05, 4.69) is 10.6 Å². The monoisotopic (exact) mass is 444 g/mol. The number of carbonyl (C=O) groups is 1. The molecule has 30 heavy (non-hydrogen) atoms. The topological polar surface area (TPSA) is 75.3 Å². The maximum atomic E-state index is 14.2. The summed E-state index contributed by atoms with van der Waals surface area (Å²) in [7, 11) is -3.98. The van der Waals surface area contributed by atoms with Gasteiger partial charge in [-0.05, 0) is 56.5 Å². The minimum Gasteiger partial charge on any atom is -0.322 e. The van der Waals surface area contributed by atoms with Crippen LogP contribution in [0, 0.1) is 29.2 Å². The fourth-order valence-electron chi connectivity index (χ4n) is 3.32. The third-order valence-corrected chi connectivity index (χ3v) is 6.78. The molecular formula is C20H20F4N2O3S. The molecule has 0 aliphatic carbocycles. The van der Waals surface area contributed by atoms with E-state index in [0.717, 1.165) is 44.1 Å². The molecule has 2 aromatic carbocycles. The van der Waals surface area contributed by atoms with Gasteiger partial charge < -0.3 is 10.6 Å². The molecule has 0 aromatic heterocycles. The average Bonchev–Trinajstić information content (AvgIpc) is 2.71. The lowest BCUT2D eigenvalue weighted by molar-refractivity contribution is 0.102. The third-order valence-electron chi connectivity index (χ3n) is 5.02. The largest absolute Gasteiger partial charge is 0.322 e. The van der Waals surface area contributed by atoms with Crippen molar-refractivity contribution in [3.8, 4) is 0 Å². The molecule has 3 rings (SSSR count). The van der Waals surface area contributed by atoms with E-state index in [1.807, 2.05) is 0 Å². The first-order valence-electron chi connectivity index (χ1n) is 9.36. The van der Waals surface area contributed by atoms with Crippen LogP contribution in [0.3, 0.4) is 0 Å². The van der Waals surface area contributed by atoms with Gasteiger partial charge in [0.25, 0.3) is 5.91 Å². The van der Waals surface area contributed by atoms with Gasteiger partial charge in [-0.3, -0.25) is 4.79 Å². The summed E-state index contributed by atoms with van der Waals surface area (Å²) < 4.78 is 79.1. The second-order valence-corrected chi connectivity index (χ2v) is 9.23. The van der Waals surface area contributed by atoms with Crippen LogP contribution in [0.25, 0.3) is 0 Å². The number of sulfone groups is 1. The van der Waals surface area contributed by atoms with Crippen LogP contribution < -0.4 is 10.6 Å². The number of piperidine rings is 1. The fourth-order valence-corrected chi connectivity index (χ4v) is 4.85. The molecule has 0 spiro atoms. The summed E-state index contributed by atoms with van der Waals surface area (Å²) in [6.45, 7) is 1.61. The molecule has 10 heteroatoms. The van der Waals surface area contributed by atoms with Crippen LogP contribution in [0.15, 0.2) is 35.2 Å². The number of hydrogen-bond acceptors (Lipinski definition) is 4.